The monoisotopic (exact) mass is 337 g/mol. The molecule has 0 saturated heterocycles. The molecular formula is C10H6BrCl2NOS. The van der Waals surface area contributed by atoms with Crippen molar-refractivity contribution in [3.63, 3.8) is 0 Å². The van der Waals surface area contributed by atoms with Crippen molar-refractivity contribution in [1.29, 1.82) is 0 Å². The van der Waals surface area contributed by atoms with E-state index in [4.69, 9.17) is 28.3 Å². The molecule has 0 aliphatic carbocycles. The second kappa shape index (κ2) is 5.02. The second-order valence-corrected chi connectivity index (χ2v) is 6.18. The summed E-state index contributed by atoms with van der Waals surface area (Å²) in [6.07, 6.45) is 0. The molecule has 2 aromatic rings. The zero-order valence-electron chi connectivity index (χ0n) is 7.88. The summed E-state index contributed by atoms with van der Waals surface area (Å²) in [6.45, 7) is -0.0949. The molecule has 84 valence electrons. The summed E-state index contributed by atoms with van der Waals surface area (Å²) in [7, 11) is 0. The van der Waals surface area contributed by atoms with Crippen LogP contribution < -0.4 is 0 Å². The van der Waals surface area contributed by atoms with E-state index in [9.17, 15) is 0 Å². The summed E-state index contributed by atoms with van der Waals surface area (Å²) in [5, 5.41) is 11.0. The number of rotatable bonds is 2. The molecule has 0 spiro atoms. The maximum Gasteiger partial charge on any atom is 0.126 e. The Morgan fingerprint density at radius 1 is 1.38 bits per heavy atom. The standard InChI is InChI=1S/C10H6BrCl2NOS/c11-9-8(4-15)14-10(16-9)6-2-1-5(12)3-7(6)13/h1-3,15H,4H2. The van der Waals surface area contributed by atoms with Crippen LogP contribution in [-0.2, 0) is 6.61 Å². The molecule has 0 atom stereocenters. The molecule has 0 fully saturated rings. The topological polar surface area (TPSA) is 33.1 Å². The van der Waals surface area contributed by atoms with Gasteiger partial charge in [0, 0.05) is 10.6 Å². The predicted octanol–water partition coefficient (Wildman–Crippen LogP) is 4.37. The van der Waals surface area contributed by atoms with E-state index in [0.29, 0.717) is 15.7 Å². The number of aliphatic hydroxyl groups is 1. The number of aromatic nitrogens is 1. The Morgan fingerprint density at radius 3 is 2.69 bits per heavy atom. The van der Waals surface area contributed by atoms with Gasteiger partial charge >= 0.3 is 0 Å². The van der Waals surface area contributed by atoms with E-state index in [1.807, 2.05) is 6.07 Å². The van der Waals surface area contributed by atoms with Crippen LogP contribution in [0.4, 0.5) is 0 Å². The SMILES string of the molecule is OCc1nc(-c2ccc(Cl)cc2Cl)sc1Br. The van der Waals surface area contributed by atoms with Crippen LogP contribution in [0.3, 0.4) is 0 Å². The van der Waals surface area contributed by atoms with Gasteiger partial charge in [0.25, 0.3) is 0 Å². The summed E-state index contributed by atoms with van der Waals surface area (Å²) in [5.74, 6) is 0. The molecule has 0 bridgehead atoms. The van der Waals surface area contributed by atoms with Gasteiger partial charge in [0.2, 0.25) is 0 Å². The van der Waals surface area contributed by atoms with Crippen molar-refractivity contribution in [2.75, 3.05) is 0 Å². The Morgan fingerprint density at radius 2 is 2.12 bits per heavy atom. The molecular weight excluding hydrogens is 333 g/mol. The van der Waals surface area contributed by atoms with E-state index in [-0.39, 0.29) is 6.61 Å². The first-order valence-electron chi connectivity index (χ1n) is 4.33. The number of nitrogens with zero attached hydrogens (tertiary/aromatic N) is 1. The van der Waals surface area contributed by atoms with E-state index in [2.05, 4.69) is 20.9 Å². The van der Waals surface area contributed by atoms with Crippen molar-refractivity contribution in [3.8, 4) is 10.6 Å². The number of hydrogen-bond acceptors (Lipinski definition) is 3. The summed E-state index contributed by atoms with van der Waals surface area (Å²) < 4.78 is 0.816. The average molecular weight is 339 g/mol. The Labute approximate surface area is 115 Å². The molecule has 0 radical (unpaired) electrons. The van der Waals surface area contributed by atoms with Gasteiger partial charge in [-0.05, 0) is 34.1 Å². The zero-order chi connectivity index (χ0) is 11.7. The van der Waals surface area contributed by atoms with Gasteiger partial charge in [-0.15, -0.1) is 11.3 Å². The number of benzene rings is 1. The number of thiazole rings is 1. The van der Waals surface area contributed by atoms with Crippen molar-refractivity contribution in [2.24, 2.45) is 0 Å². The summed E-state index contributed by atoms with van der Waals surface area (Å²) in [4.78, 5) is 4.28. The van der Waals surface area contributed by atoms with Gasteiger partial charge < -0.3 is 5.11 Å². The van der Waals surface area contributed by atoms with Crippen LogP contribution in [-0.4, -0.2) is 10.1 Å². The lowest BCUT2D eigenvalue weighted by molar-refractivity contribution is 0.277. The zero-order valence-corrected chi connectivity index (χ0v) is 11.8. The number of aliphatic hydroxyl groups excluding tert-OH is 1. The first-order valence-corrected chi connectivity index (χ1v) is 6.70. The third-order valence-electron chi connectivity index (χ3n) is 1.96. The maximum absolute atomic E-state index is 9.05. The van der Waals surface area contributed by atoms with Crippen LogP contribution in [0.1, 0.15) is 5.69 Å². The smallest absolute Gasteiger partial charge is 0.126 e. The van der Waals surface area contributed by atoms with Gasteiger partial charge in [-0.2, -0.15) is 0 Å². The lowest BCUT2D eigenvalue weighted by Crippen LogP contribution is -1.84. The van der Waals surface area contributed by atoms with E-state index < -0.39 is 0 Å². The van der Waals surface area contributed by atoms with E-state index in [0.717, 1.165) is 14.4 Å². The molecule has 0 amide bonds. The van der Waals surface area contributed by atoms with Gasteiger partial charge in [0.1, 0.15) is 5.01 Å². The predicted molar refractivity (Wildman–Crippen MR) is 71.2 cm³/mol. The molecule has 2 rings (SSSR count). The van der Waals surface area contributed by atoms with Gasteiger partial charge in [-0.3, -0.25) is 0 Å². The van der Waals surface area contributed by atoms with Gasteiger partial charge in [0.05, 0.1) is 21.1 Å². The third-order valence-corrected chi connectivity index (χ3v) is 4.37. The number of halogens is 3. The van der Waals surface area contributed by atoms with Crippen LogP contribution in [0.5, 0.6) is 0 Å². The van der Waals surface area contributed by atoms with Crippen molar-refractivity contribution in [2.45, 2.75) is 6.61 Å². The van der Waals surface area contributed by atoms with Crippen molar-refractivity contribution < 1.29 is 5.11 Å². The summed E-state index contributed by atoms with van der Waals surface area (Å²) in [6, 6.07) is 5.25. The lowest BCUT2D eigenvalue weighted by Gasteiger charge is -1.99. The molecule has 6 heteroatoms. The van der Waals surface area contributed by atoms with Crippen molar-refractivity contribution in [1.82, 2.24) is 4.98 Å². The van der Waals surface area contributed by atoms with Crippen LogP contribution in [0, 0.1) is 0 Å². The molecule has 0 aliphatic rings. The van der Waals surface area contributed by atoms with Gasteiger partial charge in [0.15, 0.2) is 0 Å². The minimum Gasteiger partial charge on any atom is -0.390 e. The normalized spacial score (nSPS) is 10.8. The Kier molecular flexibility index (Phi) is 3.87. The fraction of sp³-hybridized carbons (Fsp3) is 0.100. The van der Waals surface area contributed by atoms with E-state index >= 15 is 0 Å². The quantitative estimate of drug-likeness (QED) is 0.881. The molecule has 1 N–H and O–H groups in total. The Balaban J connectivity index is 2.50. The highest BCUT2D eigenvalue weighted by molar-refractivity contribution is 9.11. The van der Waals surface area contributed by atoms with E-state index in [1.54, 1.807) is 12.1 Å². The molecule has 1 aromatic carbocycles. The Bertz CT molecular complexity index is 530. The molecule has 1 aromatic heterocycles. The van der Waals surface area contributed by atoms with Gasteiger partial charge in [-0.25, -0.2) is 4.98 Å². The molecule has 2 nitrogen and oxygen atoms in total. The summed E-state index contributed by atoms with van der Waals surface area (Å²) in [5.41, 5.74) is 1.43. The fourth-order valence-electron chi connectivity index (χ4n) is 1.21. The van der Waals surface area contributed by atoms with Crippen LogP contribution in [0.15, 0.2) is 22.0 Å². The first-order chi connectivity index (χ1) is 7.61. The maximum atomic E-state index is 9.05. The molecule has 1 heterocycles. The molecule has 0 saturated carbocycles. The van der Waals surface area contributed by atoms with Crippen molar-refractivity contribution >= 4 is 50.5 Å². The Hall–Kier alpha value is -0.130. The second-order valence-electron chi connectivity index (χ2n) is 3.02. The average Bonchev–Trinajstić information content (AvgIpc) is 2.59. The van der Waals surface area contributed by atoms with Gasteiger partial charge in [-0.1, -0.05) is 23.2 Å². The third kappa shape index (κ3) is 2.41. The highest BCUT2D eigenvalue weighted by Gasteiger charge is 2.12. The molecule has 0 aliphatic heterocycles. The van der Waals surface area contributed by atoms with Crippen LogP contribution >= 0.6 is 50.5 Å². The largest absolute Gasteiger partial charge is 0.390 e. The first kappa shape index (κ1) is 12.3. The highest BCUT2D eigenvalue weighted by atomic mass is 79.9. The highest BCUT2D eigenvalue weighted by Crippen LogP contribution is 2.36. The fourth-order valence-corrected chi connectivity index (χ4v) is 3.28. The van der Waals surface area contributed by atoms with Crippen LogP contribution in [0.2, 0.25) is 10.0 Å². The van der Waals surface area contributed by atoms with E-state index in [1.165, 1.54) is 11.3 Å². The summed E-state index contributed by atoms with van der Waals surface area (Å²) >= 11 is 16.7. The molecule has 16 heavy (non-hydrogen) atoms. The molecule has 0 unspecified atom stereocenters. The van der Waals surface area contributed by atoms with Crippen LogP contribution in [0.25, 0.3) is 10.6 Å². The minimum absolute atomic E-state index is 0.0949. The minimum atomic E-state index is -0.0949. The number of hydrogen-bond donors (Lipinski definition) is 1. The van der Waals surface area contributed by atoms with Crippen molar-refractivity contribution in [3.05, 3.63) is 37.7 Å². The lowest BCUT2D eigenvalue weighted by atomic mass is 10.2.